The van der Waals surface area contributed by atoms with E-state index >= 15 is 0 Å². The topological polar surface area (TPSA) is 90.4 Å². The SMILES string of the molecule is COc1ccc(CCNc2cccc(C(N)=O)c2N)cc1. The number of rotatable bonds is 6. The van der Waals surface area contributed by atoms with Crippen molar-refractivity contribution in [3.63, 3.8) is 0 Å². The van der Waals surface area contributed by atoms with E-state index in [9.17, 15) is 4.79 Å². The summed E-state index contributed by atoms with van der Waals surface area (Å²) in [6.45, 7) is 0.707. The van der Waals surface area contributed by atoms with Gasteiger partial charge in [-0.25, -0.2) is 0 Å². The van der Waals surface area contributed by atoms with E-state index < -0.39 is 5.91 Å². The highest BCUT2D eigenvalue weighted by Gasteiger charge is 2.08. The van der Waals surface area contributed by atoms with Crippen LogP contribution in [-0.4, -0.2) is 19.6 Å². The van der Waals surface area contributed by atoms with Crippen LogP contribution in [0.15, 0.2) is 42.5 Å². The zero-order chi connectivity index (χ0) is 15.2. The fraction of sp³-hybridized carbons (Fsp3) is 0.188. The van der Waals surface area contributed by atoms with Gasteiger partial charge in [-0.3, -0.25) is 4.79 Å². The number of primary amides is 1. The lowest BCUT2D eigenvalue weighted by atomic mass is 10.1. The number of nitrogens with two attached hydrogens (primary N) is 2. The summed E-state index contributed by atoms with van der Waals surface area (Å²) in [5, 5.41) is 3.22. The van der Waals surface area contributed by atoms with Gasteiger partial charge in [0, 0.05) is 6.54 Å². The summed E-state index contributed by atoms with van der Waals surface area (Å²) in [5.74, 6) is 0.316. The Bertz CT molecular complexity index is 624. The molecular formula is C16H19N3O2. The molecule has 0 aliphatic heterocycles. The Morgan fingerprint density at radius 3 is 2.52 bits per heavy atom. The molecule has 2 rings (SSSR count). The van der Waals surface area contributed by atoms with Gasteiger partial charge in [0.05, 0.1) is 24.0 Å². The second kappa shape index (κ2) is 6.65. The Balaban J connectivity index is 1.97. The first-order valence-electron chi connectivity index (χ1n) is 6.67. The second-order valence-corrected chi connectivity index (χ2v) is 4.66. The van der Waals surface area contributed by atoms with Crippen LogP contribution in [0.1, 0.15) is 15.9 Å². The normalized spacial score (nSPS) is 10.1. The first-order valence-corrected chi connectivity index (χ1v) is 6.67. The zero-order valence-electron chi connectivity index (χ0n) is 11.9. The Labute approximate surface area is 123 Å². The summed E-state index contributed by atoms with van der Waals surface area (Å²) < 4.78 is 5.12. The number of amides is 1. The molecule has 5 heteroatoms. The molecule has 0 spiro atoms. The van der Waals surface area contributed by atoms with Crippen LogP contribution in [0.25, 0.3) is 0 Å². The third kappa shape index (κ3) is 3.66. The van der Waals surface area contributed by atoms with Gasteiger partial charge >= 0.3 is 0 Å². The maximum atomic E-state index is 11.2. The molecular weight excluding hydrogens is 266 g/mol. The summed E-state index contributed by atoms with van der Waals surface area (Å²) in [5.41, 5.74) is 13.8. The minimum absolute atomic E-state index is 0.337. The number of carbonyl (C=O) groups is 1. The molecule has 0 aliphatic carbocycles. The number of hydrogen-bond acceptors (Lipinski definition) is 4. The molecule has 2 aromatic rings. The number of benzene rings is 2. The number of hydrogen-bond donors (Lipinski definition) is 3. The number of ether oxygens (including phenoxy) is 1. The maximum Gasteiger partial charge on any atom is 0.250 e. The van der Waals surface area contributed by atoms with Crippen molar-refractivity contribution in [3.8, 4) is 5.75 Å². The Morgan fingerprint density at radius 1 is 1.19 bits per heavy atom. The quantitative estimate of drug-likeness (QED) is 0.708. The summed E-state index contributed by atoms with van der Waals surface area (Å²) in [6, 6.07) is 13.1. The van der Waals surface area contributed by atoms with Crippen LogP contribution in [0.2, 0.25) is 0 Å². The number of carbonyl (C=O) groups excluding carboxylic acids is 1. The molecule has 0 heterocycles. The van der Waals surface area contributed by atoms with Crippen molar-refractivity contribution >= 4 is 17.3 Å². The van der Waals surface area contributed by atoms with Gasteiger partial charge in [-0.05, 0) is 36.2 Å². The van der Waals surface area contributed by atoms with Crippen LogP contribution in [0.3, 0.4) is 0 Å². The summed E-state index contributed by atoms with van der Waals surface area (Å²) in [4.78, 5) is 11.2. The molecule has 0 fully saturated rings. The van der Waals surface area contributed by atoms with Crippen LogP contribution >= 0.6 is 0 Å². The standard InChI is InChI=1S/C16H19N3O2/c1-21-12-7-5-11(6-8-12)9-10-19-14-4-2-3-13(15(14)17)16(18)20/h2-8,19H,9-10,17H2,1H3,(H2,18,20). The molecule has 5 N–H and O–H groups in total. The van der Waals surface area contributed by atoms with Crippen LogP contribution in [0.4, 0.5) is 11.4 Å². The molecule has 0 saturated carbocycles. The molecule has 5 nitrogen and oxygen atoms in total. The van der Waals surface area contributed by atoms with E-state index in [1.807, 2.05) is 30.3 Å². The lowest BCUT2D eigenvalue weighted by Crippen LogP contribution is -2.15. The highest BCUT2D eigenvalue weighted by molar-refractivity contribution is 6.00. The first-order chi connectivity index (χ1) is 10.1. The average molecular weight is 285 g/mol. The molecule has 0 radical (unpaired) electrons. The van der Waals surface area contributed by atoms with E-state index in [-0.39, 0.29) is 0 Å². The molecule has 0 aliphatic rings. The van der Waals surface area contributed by atoms with Gasteiger partial charge in [0.2, 0.25) is 0 Å². The number of para-hydroxylation sites is 1. The summed E-state index contributed by atoms with van der Waals surface area (Å²) in [6.07, 6.45) is 0.838. The number of methoxy groups -OCH3 is 1. The van der Waals surface area contributed by atoms with Crippen LogP contribution in [-0.2, 0) is 6.42 Å². The number of anilines is 2. The summed E-state index contributed by atoms with van der Waals surface area (Å²) >= 11 is 0. The Kier molecular flexibility index (Phi) is 4.66. The van der Waals surface area contributed by atoms with E-state index in [0.717, 1.165) is 17.9 Å². The van der Waals surface area contributed by atoms with Crippen molar-refractivity contribution in [2.24, 2.45) is 5.73 Å². The van der Waals surface area contributed by atoms with Crippen LogP contribution in [0, 0.1) is 0 Å². The highest BCUT2D eigenvalue weighted by Crippen LogP contribution is 2.22. The molecule has 0 aromatic heterocycles. The van der Waals surface area contributed by atoms with E-state index in [1.54, 1.807) is 19.2 Å². The van der Waals surface area contributed by atoms with Gasteiger partial charge in [-0.2, -0.15) is 0 Å². The second-order valence-electron chi connectivity index (χ2n) is 4.66. The number of nitrogens with one attached hydrogen (secondary N) is 1. The van der Waals surface area contributed by atoms with Crippen LogP contribution < -0.4 is 21.5 Å². The predicted molar refractivity (Wildman–Crippen MR) is 84.6 cm³/mol. The third-order valence-electron chi connectivity index (χ3n) is 3.26. The van der Waals surface area contributed by atoms with Crippen molar-refractivity contribution in [1.82, 2.24) is 0 Å². The van der Waals surface area contributed by atoms with Crippen molar-refractivity contribution in [2.45, 2.75) is 6.42 Å². The molecule has 0 atom stereocenters. The van der Waals surface area contributed by atoms with Gasteiger partial charge in [0.1, 0.15) is 5.75 Å². The van der Waals surface area contributed by atoms with E-state index in [1.165, 1.54) is 5.56 Å². The van der Waals surface area contributed by atoms with Crippen LogP contribution in [0.5, 0.6) is 5.75 Å². The van der Waals surface area contributed by atoms with E-state index in [0.29, 0.717) is 17.8 Å². The average Bonchev–Trinajstić information content (AvgIpc) is 2.49. The fourth-order valence-electron chi connectivity index (χ4n) is 2.07. The maximum absolute atomic E-state index is 11.2. The molecule has 2 aromatic carbocycles. The van der Waals surface area contributed by atoms with Crippen molar-refractivity contribution < 1.29 is 9.53 Å². The summed E-state index contributed by atoms with van der Waals surface area (Å²) in [7, 11) is 1.64. The third-order valence-corrected chi connectivity index (χ3v) is 3.26. The first kappa shape index (κ1) is 14.7. The van der Waals surface area contributed by atoms with Gasteiger partial charge < -0.3 is 21.5 Å². The molecule has 0 saturated heterocycles. The molecule has 1 amide bonds. The minimum atomic E-state index is -0.522. The molecule has 0 bridgehead atoms. The van der Waals surface area contributed by atoms with E-state index in [2.05, 4.69) is 5.32 Å². The van der Waals surface area contributed by atoms with Gasteiger partial charge in [-0.1, -0.05) is 18.2 Å². The van der Waals surface area contributed by atoms with Gasteiger partial charge in [-0.15, -0.1) is 0 Å². The Hall–Kier alpha value is -2.69. The highest BCUT2D eigenvalue weighted by atomic mass is 16.5. The van der Waals surface area contributed by atoms with Gasteiger partial charge in [0.25, 0.3) is 5.91 Å². The monoisotopic (exact) mass is 285 g/mol. The predicted octanol–water partition coefficient (Wildman–Crippen LogP) is 2.03. The zero-order valence-corrected chi connectivity index (χ0v) is 11.9. The lowest BCUT2D eigenvalue weighted by Gasteiger charge is -2.11. The van der Waals surface area contributed by atoms with E-state index in [4.69, 9.17) is 16.2 Å². The molecule has 110 valence electrons. The number of nitrogen functional groups attached to an aromatic ring is 1. The Morgan fingerprint density at radius 2 is 1.90 bits per heavy atom. The van der Waals surface area contributed by atoms with Crippen molar-refractivity contribution in [3.05, 3.63) is 53.6 Å². The van der Waals surface area contributed by atoms with Gasteiger partial charge in [0.15, 0.2) is 0 Å². The van der Waals surface area contributed by atoms with Crippen molar-refractivity contribution in [2.75, 3.05) is 24.7 Å². The largest absolute Gasteiger partial charge is 0.497 e. The molecule has 0 unspecified atom stereocenters. The fourth-order valence-corrected chi connectivity index (χ4v) is 2.07. The van der Waals surface area contributed by atoms with Crippen molar-refractivity contribution in [1.29, 1.82) is 0 Å². The smallest absolute Gasteiger partial charge is 0.250 e. The lowest BCUT2D eigenvalue weighted by molar-refractivity contribution is 0.100. The molecule has 21 heavy (non-hydrogen) atoms. The minimum Gasteiger partial charge on any atom is -0.497 e.